The Labute approximate surface area is 105 Å². The van der Waals surface area contributed by atoms with Crippen LogP contribution >= 0.6 is 23.4 Å². The van der Waals surface area contributed by atoms with E-state index in [1.165, 1.54) is 6.20 Å². The van der Waals surface area contributed by atoms with Gasteiger partial charge >= 0.3 is 0 Å². The number of hydrogen-bond donors (Lipinski definition) is 1. The summed E-state index contributed by atoms with van der Waals surface area (Å²) in [4.78, 5) is 15.6. The molecule has 0 saturated carbocycles. The summed E-state index contributed by atoms with van der Waals surface area (Å²) in [6.07, 6.45) is 3.58. The minimum Gasteiger partial charge on any atom is -0.350 e. The topological polar surface area (TPSA) is 42.0 Å². The summed E-state index contributed by atoms with van der Waals surface area (Å²) < 4.78 is 0. The van der Waals surface area contributed by atoms with E-state index < -0.39 is 0 Å². The Morgan fingerprint density at radius 1 is 1.69 bits per heavy atom. The Morgan fingerprint density at radius 3 is 3.06 bits per heavy atom. The zero-order valence-corrected chi connectivity index (χ0v) is 10.9. The second-order valence-electron chi connectivity index (χ2n) is 3.63. The Bertz CT molecular complexity index is 360. The monoisotopic (exact) mass is 258 g/mol. The number of hydrogen-bond acceptors (Lipinski definition) is 3. The maximum atomic E-state index is 11.7. The van der Waals surface area contributed by atoms with E-state index >= 15 is 0 Å². The van der Waals surface area contributed by atoms with Crippen molar-refractivity contribution in [2.45, 2.75) is 6.92 Å². The Hall–Kier alpha value is -0.740. The van der Waals surface area contributed by atoms with Crippen LogP contribution < -0.4 is 5.32 Å². The normalized spacial score (nSPS) is 12.2. The molecule has 5 heteroatoms. The number of nitrogens with one attached hydrogen (secondary N) is 1. The highest BCUT2D eigenvalue weighted by Gasteiger charge is 2.08. The van der Waals surface area contributed by atoms with E-state index in [9.17, 15) is 4.79 Å². The van der Waals surface area contributed by atoms with Gasteiger partial charge in [0.25, 0.3) is 5.91 Å². The molecule has 1 amide bonds. The van der Waals surface area contributed by atoms with Crippen LogP contribution in [0, 0.1) is 5.92 Å². The van der Waals surface area contributed by atoms with Crippen molar-refractivity contribution in [3.63, 3.8) is 0 Å². The van der Waals surface area contributed by atoms with Crippen LogP contribution in [0.4, 0.5) is 0 Å². The Balaban J connectivity index is 2.47. The van der Waals surface area contributed by atoms with E-state index in [1.54, 1.807) is 23.9 Å². The molecule has 3 nitrogen and oxygen atoms in total. The molecular weight excluding hydrogens is 244 g/mol. The predicted molar refractivity (Wildman–Crippen MR) is 69.1 cm³/mol. The first-order chi connectivity index (χ1) is 7.63. The van der Waals surface area contributed by atoms with Gasteiger partial charge in [0.2, 0.25) is 0 Å². The third-order valence-electron chi connectivity index (χ3n) is 2.02. The highest BCUT2D eigenvalue weighted by molar-refractivity contribution is 7.98. The van der Waals surface area contributed by atoms with Gasteiger partial charge < -0.3 is 5.32 Å². The lowest BCUT2D eigenvalue weighted by Crippen LogP contribution is -2.29. The number of pyridine rings is 1. The molecule has 1 atom stereocenters. The summed E-state index contributed by atoms with van der Waals surface area (Å²) in [5, 5.41) is 3.36. The van der Waals surface area contributed by atoms with Crippen molar-refractivity contribution < 1.29 is 4.79 Å². The molecule has 0 saturated heterocycles. The maximum absolute atomic E-state index is 11.7. The molecule has 0 bridgehead atoms. The number of carbonyl (C=O) groups is 1. The summed E-state index contributed by atoms with van der Waals surface area (Å²) in [5.74, 6) is 1.32. The van der Waals surface area contributed by atoms with Gasteiger partial charge in [-0.05, 0) is 30.1 Å². The Morgan fingerprint density at radius 2 is 2.44 bits per heavy atom. The van der Waals surface area contributed by atoms with E-state index in [2.05, 4.69) is 23.5 Å². The molecule has 0 fully saturated rings. The summed E-state index contributed by atoms with van der Waals surface area (Å²) in [5.41, 5.74) is 0.365. The first-order valence-corrected chi connectivity index (χ1v) is 6.79. The quantitative estimate of drug-likeness (QED) is 0.882. The fourth-order valence-electron chi connectivity index (χ4n) is 1.23. The maximum Gasteiger partial charge on any atom is 0.269 e. The predicted octanol–water partition coefficient (Wildman–Crippen LogP) is 2.46. The molecule has 16 heavy (non-hydrogen) atoms. The lowest BCUT2D eigenvalue weighted by Gasteiger charge is -2.10. The van der Waals surface area contributed by atoms with Gasteiger partial charge in [0.1, 0.15) is 5.69 Å². The summed E-state index contributed by atoms with van der Waals surface area (Å²) in [6, 6.07) is 3.21. The van der Waals surface area contributed by atoms with Crippen molar-refractivity contribution in [2.75, 3.05) is 18.6 Å². The molecule has 1 N–H and O–H groups in total. The van der Waals surface area contributed by atoms with Crippen LogP contribution in [0.15, 0.2) is 18.3 Å². The van der Waals surface area contributed by atoms with Crippen LogP contribution in [-0.4, -0.2) is 29.4 Å². The number of amides is 1. The largest absolute Gasteiger partial charge is 0.350 e. The highest BCUT2D eigenvalue weighted by Crippen LogP contribution is 2.08. The molecule has 88 valence electrons. The van der Waals surface area contributed by atoms with E-state index in [0.717, 1.165) is 5.75 Å². The average molecular weight is 259 g/mol. The van der Waals surface area contributed by atoms with Crippen LogP contribution in [0.5, 0.6) is 0 Å². The van der Waals surface area contributed by atoms with Crippen molar-refractivity contribution >= 4 is 29.3 Å². The second-order valence-corrected chi connectivity index (χ2v) is 4.98. The fourth-order valence-corrected chi connectivity index (χ4v) is 2.08. The smallest absolute Gasteiger partial charge is 0.269 e. The molecule has 1 heterocycles. The molecule has 0 radical (unpaired) electrons. The SMILES string of the molecule is CSCC(C)CNC(=O)c1cc(Cl)ccn1. The lowest BCUT2D eigenvalue weighted by atomic mass is 10.2. The molecule has 1 aromatic rings. The number of nitrogens with zero attached hydrogens (tertiary/aromatic N) is 1. The number of aromatic nitrogens is 1. The van der Waals surface area contributed by atoms with Crippen LogP contribution in [0.25, 0.3) is 0 Å². The van der Waals surface area contributed by atoms with Gasteiger partial charge in [-0.1, -0.05) is 18.5 Å². The molecule has 1 aromatic heterocycles. The molecule has 0 aliphatic carbocycles. The summed E-state index contributed by atoms with van der Waals surface area (Å²) in [6.45, 7) is 2.76. The third-order valence-corrected chi connectivity index (χ3v) is 3.15. The fraction of sp³-hybridized carbons (Fsp3) is 0.455. The van der Waals surface area contributed by atoms with Gasteiger partial charge in [-0.3, -0.25) is 9.78 Å². The van der Waals surface area contributed by atoms with Crippen molar-refractivity contribution in [3.05, 3.63) is 29.0 Å². The van der Waals surface area contributed by atoms with Crippen molar-refractivity contribution in [2.24, 2.45) is 5.92 Å². The van der Waals surface area contributed by atoms with Gasteiger partial charge in [0.05, 0.1) is 0 Å². The average Bonchev–Trinajstić information content (AvgIpc) is 2.26. The first kappa shape index (κ1) is 13.3. The molecular formula is C11H15ClN2OS. The van der Waals surface area contributed by atoms with Crippen LogP contribution in [0.1, 0.15) is 17.4 Å². The minimum atomic E-state index is -0.171. The van der Waals surface area contributed by atoms with Gasteiger partial charge in [-0.2, -0.15) is 11.8 Å². The number of halogens is 1. The standard InChI is InChI=1S/C11H15ClN2OS/c1-8(7-16-2)6-14-11(15)10-5-9(12)3-4-13-10/h3-5,8H,6-7H2,1-2H3,(H,14,15). The number of thioether (sulfide) groups is 1. The van der Waals surface area contributed by atoms with Gasteiger partial charge in [0, 0.05) is 17.8 Å². The molecule has 1 unspecified atom stereocenters. The Kier molecular flexibility index (Phi) is 5.63. The zero-order valence-electron chi connectivity index (χ0n) is 9.37. The molecule has 0 aromatic carbocycles. The first-order valence-electron chi connectivity index (χ1n) is 5.02. The second kappa shape index (κ2) is 6.76. The lowest BCUT2D eigenvalue weighted by molar-refractivity contribution is 0.0944. The zero-order chi connectivity index (χ0) is 12.0. The van der Waals surface area contributed by atoms with Crippen LogP contribution in [0.2, 0.25) is 5.02 Å². The van der Waals surface area contributed by atoms with E-state index in [-0.39, 0.29) is 5.91 Å². The van der Waals surface area contributed by atoms with Crippen molar-refractivity contribution in [1.82, 2.24) is 10.3 Å². The van der Waals surface area contributed by atoms with E-state index in [4.69, 9.17) is 11.6 Å². The van der Waals surface area contributed by atoms with Crippen molar-refractivity contribution in [3.8, 4) is 0 Å². The van der Waals surface area contributed by atoms with Crippen molar-refractivity contribution in [1.29, 1.82) is 0 Å². The van der Waals surface area contributed by atoms with Gasteiger partial charge in [-0.15, -0.1) is 0 Å². The van der Waals surface area contributed by atoms with Crippen LogP contribution in [0.3, 0.4) is 0 Å². The van der Waals surface area contributed by atoms with Crippen LogP contribution in [-0.2, 0) is 0 Å². The minimum absolute atomic E-state index is 0.171. The third kappa shape index (κ3) is 4.41. The summed E-state index contributed by atoms with van der Waals surface area (Å²) >= 11 is 7.55. The van der Waals surface area contributed by atoms with Gasteiger partial charge in [0.15, 0.2) is 0 Å². The highest BCUT2D eigenvalue weighted by atomic mass is 35.5. The number of carbonyl (C=O) groups excluding carboxylic acids is 1. The molecule has 1 rings (SSSR count). The van der Waals surface area contributed by atoms with E-state index in [0.29, 0.717) is 23.2 Å². The van der Waals surface area contributed by atoms with E-state index in [1.807, 2.05) is 0 Å². The molecule has 0 spiro atoms. The molecule has 0 aliphatic rings. The summed E-state index contributed by atoms with van der Waals surface area (Å²) in [7, 11) is 0. The molecule has 0 aliphatic heterocycles. The number of rotatable bonds is 5. The van der Waals surface area contributed by atoms with Gasteiger partial charge in [-0.25, -0.2) is 0 Å².